The van der Waals surface area contributed by atoms with E-state index in [1.807, 2.05) is 36.4 Å². The topological polar surface area (TPSA) is 36.9 Å². The molecule has 4 heteroatoms. The number of hydrogen-bond acceptors (Lipinski definition) is 4. The summed E-state index contributed by atoms with van der Waals surface area (Å²) < 4.78 is 22.9. The van der Waals surface area contributed by atoms with Crippen LogP contribution in [-0.2, 0) is 12.8 Å². The lowest BCUT2D eigenvalue weighted by atomic mass is 9.55. The molecule has 0 atom stereocenters. The second-order valence-electron chi connectivity index (χ2n) is 9.20. The molecule has 0 spiro atoms. The molecule has 30 heavy (non-hydrogen) atoms. The van der Waals surface area contributed by atoms with Gasteiger partial charge in [0.25, 0.3) is 0 Å². The van der Waals surface area contributed by atoms with E-state index in [1.54, 1.807) is 28.4 Å². The first kappa shape index (κ1) is 23.9. The third-order valence-corrected chi connectivity index (χ3v) is 6.64. The summed E-state index contributed by atoms with van der Waals surface area (Å²) in [6, 6.07) is 12.0. The molecule has 0 saturated carbocycles. The predicted octanol–water partition coefficient (Wildman–Crippen LogP) is 6.19. The standard InChI is InChI=1S/C26H38O4/c1-18(2)26(25(3,4)5,16-19-21(27-6)12-10-13-22(19)28-7)17-20-23(29-8)14-11-15-24(20)30-9/h10-15,18H,16-17H2,1-9H3. The van der Waals surface area contributed by atoms with Crippen LogP contribution >= 0.6 is 0 Å². The molecule has 0 unspecified atom stereocenters. The van der Waals surface area contributed by atoms with Gasteiger partial charge in [-0.05, 0) is 53.9 Å². The molecule has 0 heterocycles. The van der Waals surface area contributed by atoms with Crippen LogP contribution in [0.3, 0.4) is 0 Å². The van der Waals surface area contributed by atoms with E-state index in [1.165, 1.54) is 0 Å². The van der Waals surface area contributed by atoms with E-state index < -0.39 is 0 Å². The van der Waals surface area contributed by atoms with E-state index in [-0.39, 0.29) is 10.8 Å². The lowest BCUT2D eigenvalue weighted by Gasteiger charge is -2.49. The molecule has 0 radical (unpaired) electrons. The number of hydrogen-bond donors (Lipinski definition) is 0. The summed E-state index contributed by atoms with van der Waals surface area (Å²) in [5.74, 6) is 3.80. The fourth-order valence-electron chi connectivity index (χ4n) is 4.70. The minimum Gasteiger partial charge on any atom is -0.496 e. The second kappa shape index (κ2) is 9.63. The molecule has 0 saturated heterocycles. The smallest absolute Gasteiger partial charge is 0.125 e. The summed E-state index contributed by atoms with van der Waals surface area (Å²) in [6.45, 7) is 11.6. The fraction of sp³-hybridized carbons (Fsp3) is 0.538. The SMILES string of the molecule is COc1cccc(OC)c1CC(Cc1c(OC)cccc1OC)(C(C)C)C(C)(C)C. The zero-order valence-electron chi connectivity index (χ0n) is 20.1. The van der Waals surface area contributed by atoms with Gasteiger partial charge in [0, 0.05) is 11.1 Å². The van der Waals surface area contributed by atoms with Crippen LogP contribution in [0.4, 0.5) is 0 Å². The number of methoxy groups -OCH3 is 4. The lowest BCUT2D eigenvalue weighted by Crippen LogP contribution is -2.44. The van der Waals surface area contributed by atoms with Gasteiger partial charge in [-0.15, -0.1) is 0 Å². The molecule has 0 aromatic heterocycles. The Kier molecular flexibility index (Phi) is 7.68. The molecule has 4 nitrogen and oxygen atoms in total. The molecular formula is C26H38O4. The van der Waals surface area contributed by atoms with Gasteiger partial charge in [0.1, 0.15) is 23.0 Å². The van der Waals surface area contributed by atoms with Crippen molar-refractivity contribution in [2.24, 2.45) is 16.7 Å². The molecule has 2 aromatic rings. The summed E-state index contributed by atoms with van der Waals surface area (Å²) >= 11 is 0. The molecule has 0 bridgehead atoms. The van der Waals surface area contributed by atoms with Crippen molar-refractivity contribution >= 4 is 0 Å². The van der Waals surface area contributed by atoms with Crippen LogP contribution < -0.4 is 18.9 Å². The minimum atomic E-state index is -0.114. The molecule has 0 N–H and O–H groups in total. The van der Waals surface area contributed by atoms with Crippen LogP contribution in [0, 0.1) is 16.7 Å². The van der Waals surface area contributed by atoms with E-state index in [0.717, 1.165) is 47.0 Å². The van der Waals surface area contributed by atoms with E-state index in [4.69, 9.17) is 18.9 Å². The highest BCUT2D eigenvalue weighted by Gasteiger charge is 2.46. The highest BCUT2D eigenvalue weighted by atomic mass is 16.5. The van der Waals surface area contributed by atoms with Crippen molar-refractivity contribution in [2.45, 2.75) is 47.5 Å². The van der Waals surface area contributed by atoms with Crippen LogP contribution in [0.5, 0.6) is 23.0 Å². The van der Waals surface area contributed by atoms with Crippen molar-refractivity contribution in [3.63, 3.8) is 0 Å². The normalized spacial score (nSPS) is 12.1. The maximum absolute atomic E-state index is 5.74. The molecular weight excluding hydrogens is 376 g/mol. The van der Waals surface area contributed by atoms with Crippen molar-refractivity contribution in [3.8, 4) is 23.0 Å². The molecule has 0 fully saturated rings. The first-order valence-corrected chi connectivity index (χ1v) is 10.5. The number of ether oxygens (including phenoxy) is 4. The third kappa shape index (κ3) is 4.53. The Hall–Kier alpha value is -2.36. The largest absolute Gasteiger partial charge is 0.496 e. The lowest BCUT2D eigenvalue weighted by molar-refractivity contribution is 0.0280. The van der Waals surface area contributed by atoms with Gasteiger partial charge in [-0.25, -0.2) is 0 Å². The molecule has 2 rings (SSSR count). The zero-order chi connectivity index (χ0) is 22.5. The van der Waals surface area contributed by atoms with E-state index in [9.17, 15) is 0 Å². The van der Waals surface area contributed by atoms with Crippen LogP contribution in [0.15, 0.2) is 36.4 Å². The van der Waals surface area contributed by atoms with Crippen molar-refractivity contribution in [1.82, 2.24) is 0 Å². The quantitative estimate of drug-likeness (QED) is 0.490. The maximum Gasteiger partial charge on any atom is 0.125 e. The molecule has 0 aliphatic heterocycles. The van der Waals surface area contributed by atoms with Crippen molar-refractivity contribution in [1.29, 1.82) is 0 Å². The Bertz CT molecular complexity index is 731. The average molecular weight is 415 g/mol. The number of rotatable bonds is 9. The first-order chi connectivity index (χ1) is 14.1. The monoisotopic (exact) mass is 414 g/mol. The Balaban J connectivity index is 2.72. The highest BCUT2D eigenvalue weighted by Crippen LogP contribution is 2.53. The summed E-state index contributed by atoms with van der Waals surface area (Å²) in [5.41, 5.74) is 2.07. The third-order valence-electron chi connectivity index (χ3n) is 6.64. The first-order valence-electron chi connectivity index (χ1n) is 10.5. The van der Waals surface area contributed by atoms with E-state index in [2.05, 4.69) is 34.6 Å². The highest BCUT2D eigenvalue weighted by molar-refractivity contribution is 5.48. The van der Waals surface area contributed by atoms with Crippen LogP contribution in [0.1, 0.15) is 45.7 Å². The van der Waals surface area contributed by atoms with E-state index in [0.29, 0.717) is 5.92 Å². The molecule has 0 aliphatic rings. The predicted molar refractivity (Wildman–Crippen MR) is 123 cm³/mol. The summed E-state index contributed by atoms with van der Waals surface area (Å²) in [5, 5.41) is 0. The Morgan fingerprint density at radius 2 is 0.933 bits per heavy atom. The van der Waals surface area contributed by atoms with Gasteiger partial charge in [-0.3, -0.25) is 0 Å². The van der Waals surface area contributed by atoms with Crippen LogP contribution in [0.25, 0.3) is 0 Å². The Labute approximate surface area is 182 Å². The van der Waals surface area contributed by atoms with Gasteiger partial charge >= 0.3 is 0 Å². The molecule has 0 aliphatic carbocycles. The summed E-state index contributed by atoms with van der Waals surface area (Å²) in [7, 11) is 6.87. The summed E-state index contributed by atoms with van der Waals surface area (Å²) in [6.07, 6.45) is 1.62. The van der Waals surface area contributed by atoms with Crippen LogP contribution in [0.2, 0.25) is 0 Å². The molecule has 2 aromatic carbocycles. The van der Waals surface area contributed by atoms with Crippen LogP contribution in [-0.4, -0.2) is 28.4 Å². The number of benzene rings is 2. The van der Waals surface area contributed by atoms with Gasteiger partial charge in [-0.2, -0.15) is 0 Å². The van der Waals surface area contributed by atoms with Crippen molar-refractivity contribution in [2.75, 3.05) is 28.4 Å². The summed E-state index contributed by atoms with van der Waals surface area (Å²) in [4.78, 5) is 0. The van der Waals surface area contributed by atoms with Crippen molar-refractivity contribution < 1.29 is 18.9 Å². The maximum atomic E-state index is 5.74. The average Bonchev–Trinajstić information content (AvgIpc) is 2.72. The van der Waals surface area contributed by atoms with Gasteiger partial charge in [0.05, 0.1) is 28.4 Å². The second-order valence-corrected chi connectivity index (χ2v) is 9.20. The molecule has 166 valence electrons. The Morgan fingerprint density at radius 1 is 0.633 bits per heavy atom. The van der Waals surface area contributed by atoms with E-state index >= 15 is 0 Å². The fourth-order valence-corrected chi connectivity index (χ4v) is 4.70. The van der Waals surface area contributed by atoms with Crippen molar-refractivity contribution in [3.05, 3.63) is 47.5 Å². The zero-order valence-corrected chi connectivity index (χ0v) is 20.1. The minimum absolute atomic E-state index is 0.0150. The van der Waals surface area contributed by atoms with Gasteiger partial charge in [-0.1, -0.05) is 46.8 Å². The molecule has 0 amide bonds. The van der Waals surface area contributed by atoms with Gasteiger partial charge < -0.3 is 18.9 Å². The van der Waals surface area contributed by atoms with Gasteiger partial charge in [0.15, 0.2) is 0 Å². The Morgan fingerprint density at radius 3 is 1.13 bits per heavy atom. The van der Waals surface area contributed by atoms with Gasteiger partial charge in [0.2, 0.25) is 0 Å².